The van der Waals surface area contributed by atoms with E-state index < -0.39 is 0 Å². The number of amides is 1. The number of rotatable bonds is 7. The van der Waals surface area contributed by atoms with Gasteiger partial charge >= 0.3 is 0 Å². The minimum atomic E-state index is -0.115. The highest BCUT2D eigenvalue weighted by Crippen LogP contribution is 2.26. The topological polar surface area (TPSA) is 44.8 Å². The predicted octanol–water partition coefficient (Wildman–Crippen LogP) is 4.26. The number of thiophene rings is 1. The predicted molar refractivity (Wildman–Crippen MR) is 121 cm³/mol. The SMILES string of the molecule is CN1CCN(C(CNC(=O)c2ccccc2Oc2ccccc2)c2ccsc2)CC1. The van der Waals surface area contributed by atoms with E-state index in [1.807, 2.05) is 54.6 Å². The van der Waals surface area contributed by atoms with Crippen LogP contribution in [0.5, 0.6) is 11.5 Å². The summed E-state index contributed by atoms with van der Waals surface area (Å²) in [7, 11) is 2.16. The highest BCUT2D eigenvalue weighted by Gasteiger charge is 2.25. The van der Waals surface area contributed by atoms with E-state index in [0.717, 1.165) is 26.2 Å². The van der Waals surface area contributed by atoms with Gasteiger partial charge in [-0.1, -0.05) is 30.3 Å². The molecule has 2 heterocycles. The van der Waals surface area contributed by atoms with E-state index in [1.54, 1.807) is 11.3 Å². The number of ether oxygens (including phenoxy) is 1. The molecule has 0 saturated carbocycles. The molecule has 156 valence electrons. The summed E-state index contributed by atoms with van der Waals surface area (Å²) in [6, 6.07) is 19.3. The van der Waals surface area contributed by atoms with E-state index in [1.165, 1.54) is 5.56 Å². The summed E-state index contributed by atoms with van der Waals surface area (Å²) in [5.74, 6) is 1.16. The summed E-state index contributed by atoms with van der Waals surface area (Å²) in [5.41, 5.74) is 1.81. The lowest BCUT2D eigenvalue weighted by atomic mass is 10.1. The number of hydrogen-bond acceptors (Lipinski definition) is 5. The monoisotopic (exact) mass is 421 g/mol. The zero-order chi connectivity index (χ0) is 20.8. The first-order valence-electron chi connectivity index (χ1n) is 10.3. The van der Waals surface area contributed by atoms with Crippen molar-refractivity contribution in [3.63, 3.8) is 0 Å². The molecule has 0 spiro atoms. The molecule has 1 amide bonds. The summed E-state index contributed by atoms with van der Waals surface area (Å²) >= 11 is 1.70. The van der Waals surface area contributed by atoms with Gasteiger partial charge in [0.25, 0.3) is 5.91 Å². The van der Waals surface area contributed by atoms with Crippen LogP contribution in [-0.2, 0) is 0 Å². The Morgan fingerprint density at radius 2 is 1.77 bits per heavy atom. The van der Waals surface area contributed by atoms with Crippen molar-refractivity contribution < 1.29 is 9.53 Å². The van der Waals surface area contributed by atoms with Gasteiger partial charge in [-0.05, 0) is 53.7 Å². The van der Waals surface area contributed by atoms with Gasteiger partial charge in [0.15, 0.2) is 0 Å². The molecule has 0 bridgehead atoms. The first kappa shape index (κ1) is 20.6. The Morgan fingerprint density at radius 3 is 2.50 bits per heavy atom. The van der Waals surface area contributed by atoms with Crippen molar-refractivity contribution in [3.8, 4) is 11.5 Å². The Balaban J connectivity index is 1.46. The molecule has 1 unspecified atom stereocenters. The molecule has 0 aliphatic carbocycles. The smallest absolute Gasteiger partial charge is 0.255 e. The Morgan fingerprint density at radius 1 is 1.03 bits per heavy atom. The summed E-state index contributed by atoms with van der Waals surface area (Å²) in [6.07, 6.45) is 0. The molecule has 0 radical (unpaired) electrons. The second-order valence-corrected chi connectivity index (χ2v) is 8.31. The molecule has 6 heteroatoms. The number of piperazine rings is 1. The molecule has 1 aliphatic heterocycles. The summed E-state index contributed by atoms with van der Waals surface area (Å²) in [6.45, 7) is 4.66. The number of carbonyl (C=O) groups excluding carboxylic acids is 1. The standard InChI is InChI=1S/C24H27N3O2S/c1-26-12-14-27(15-13-26)22(19-11-16-30-18-19)17-25-24(28)21-9-5-6-10-23(21)29-20-7-3-2-4-8-20/h2-11,16,18,22H,12-15,17H2,1H3,(H,25,28). The van der Waals surface area contributed by atoms with Gasteiger partial charge in [-0.2, -0.15) is 11.3 Å². The quantitative estimate of drug-likeness (QED) is 0.619. The molecule has 2 aromatic carbocycles. The zero-order valence-electron chi connectivity index (χ0n) is 17.2. The van der Waals surface area contributed by atoms with Gasteiger partial charge in [-0.15, -0.1) is 0 Å². The van der Waals surface area contributed by atoms with Crippen molar-refractivity contribution in [2.75, 3.05) is 39.8 Å². The number of nitrogens with one attached hydrogen (secondary N) is 1. The van der Waals surface area contributed by atoms with Crippen LogP contribution < -0.4 is 10.1 Å². The number of para-hydroxylation sites is 2. The molecule has 1 aliphatic rings. The van der Waals surface area contributed by atoms with Gasteiger partial charge in [0.1, 0.15) is 11.5 Å². The van der Waals surface area contributed by atoms with E-state index in [9.17, 15) is 4.79 Å². The molecule has 1 saturated heterocycles. The Hall–Kier alpha value is -2.67. The molecule has 4 rings (SSSR count). The second-order valence-electron chi connectivity index (χ2n) is 7.53. The zero-order valence-corrected chi connectivity index (χ0v) is 18.0. The van der Waals surface area contributed by atoms with Crippen LogP contribution in [-0.4, -0.2) is 55.5 Å². The average molecular weight is 422 g/mol. The maximum Gasteiger partial charge on any atom is 0.255 e. The van der Waals surface area contributed by atoms with Crippen LogP contribution in [0.25, 0.3) is 0 Å². The van der Waals surface area contributed by atoms with Crippen LogP contribution in [0.15, 0.2) is 71.4 Å². The fourth-order valence-corrected chi connectivity index (χ4v) is 4.41. The van der Waals surface area contributed by atoms with Crippen LogP contribution in [0.3, 0.4) is 0 Å². The van der Waals surface area contributed by atoms with Crippen molar-refractivity contribution in [3.05, 3.63) is 82.6 Å². The lowest BCUT2D eigenvalue weighted by Crippen LogP contribution is -2.48. The lowest BCUT2D eigenvalue weighted by molar-refractivity contribution is 0.0885. The van der Waals surface area contributed by atoms with Crippen LogP contribution in [0.1, 0.15) is 22.0 Å². The third-order valence-electron chi connectivity index (χ3n) is 5.47. The molecule has 1 fully saturated rings. The maximum absolute atomic E-state index is 13.0. The molecule has 1 aromatic heterocycles. The highest BCUT2D eigenvalue weighted by atomic mass is 32.1. The van der Waals surface area contributed by atoms with Crippen LogP contribution in [0.2, 0.25) is 0 Å². The third-order valence-corrected chi connectivity index (χ3v) is 6.17. The molecular weight excluding hydrogens is 394 g/mol. The molecule has 30 heavy (non-hydrogen) atoms. The minimum absolute atomic E-state index is 0.115. The maximum atomic E-state index is 13.0. The van der Waals surface area contributed by atoms with E-state index in [-0.39, 0.29) is 11.9 Å². The van der Waals surface area contributed by atoms with E-state index >= 15 is 0 Å². The lowest BCUT2D eigenvalue weighted by Gasteiger charge is -2.38. The van der Waals surface area contributed by atoms with E-state index in [2.05, 4.69) is 39.0 Å². The molecule has 3 aromatic rings. The van der Waals surface area contributed by atoms with Crippen molar-refractivity contribution in [1.29, 1.82) is 0 Å². The fraction of sp³-hybridized carbons (Fsp3) is 0.292. The van der Waals surface area contributed by atoms with Gasteiger partial charge in [0.05, 0.1) is 11.6 Å². The van der Waals surface area contributed by atoms with Crippen LogP contribution in [0.4, 0.5) is 0 Å². The number of likely N-dealkylation sites (N-methyl/N-ethyl adjacent to an activating group) is 1. The second kappa shape index (κ2) is 9.89. The van der Waals surface area contributed by atoms with E-state index in [4.69, 9.17) is 4.74 Å². The Bertz CT molecular complexity index is 938. The first-order chi connectivity index (χ1) is 14.7. The molecular formula is C24H27N3O2S. The summed E-state index contributed by atoms with van der Waals surface area (Å²) in [4.78, 5) is 17.9. The number of benzene rings is 2. The Labute approximate surface area is 181 Å². The van der Waals surface area contributed by atoms with Gasteiger partial charge in [0.2, 0.25) is 0 Å². The molecule has 1 N–H and O–H groups in total. The van der Waals surface area contributed by atoms with Gasteiger partial charge in [-0.3, -0.25) is 9.69 Å². The van der Waals surface area contributed by atoms with Gasteiger partial charge < -0.3 is 15.0 Å². The van der Waals surface area contributed by atoms with E-state index in [0.29, 0.717) is 23.6 Å². The molecule has 5 nitrogen and oxygen atoms in total. The highest BCUT2D eigenvalue weighted by molar-refractivity contribution is 7.08. The van der Waals surface area contributed by atoms with Crippen molar-refractivity contribution in [1.82, 2.24) is 15.1 Å². The number of carbonyl (C=O) groups is 1. The normalized spacial score (nSPS) is 16.2. The minimum Gasteiger partial charge on any atom is -0.457 e. The largest absolute Gasteiger partial charge is 0.457 e. The Kier molecular flexibility index (Phi) is 6.79. The van der Waals surface area contributed by atoms with Crippen LogP contribution in [0, 0.1) is 0 Å². The van der Waals surface area contributed by atoms with Crippen molar-refractivity contribution in [2.24, 2.45) is 0 Å². The summed E-state index contributed by atoms with van der Waals surface area (Å²) < 4.78 is 5.96. The van der Waals surface area contributed by atoms with Crippen molar-refractivity contribution in [2.45, 2.75) is 6.04 Å². The van der Waals surface area contributed by atoms with Gasteiger partial charge in [-0.25, -0.2) is 0 Å². The first-order valence-corrected chi connectivity index (χ1v) is 11.2. The number of hydrogen-bond donors (Lipinski definition) is 1. The van der Waals surface area contributed by atoms with Gasteiger partial charge in [0, 0.05) is 32.7 Å². The number of nitrogens with zero attached hydrogens (tertiary/aromatic N) is 2. The third kappa shape index (κ3) is 5.08. The van der Waals surface area contributed by atoms with Crippen molar-refractivity contribution >= 4 is 17.2 Å². The fourth-order valence-electron chi connectivity index (χ4n) is 3.70. The molecule has 1 atom stereocenters. The average Bonchev–Trinajstić information content (AvgIpc) is 3.31. The summed E-state index contributed by atoms with van der Waals surface area (Å²) in [5, 5.41) is 7.44. The van der Waals surface area contributed by atoms with Crippen LogP contribution >= 0.6 is 11.3 Å².